The molecule has 1 heterocycles. The fraction of sp³-hybridized carbons (Fsp3) is 0.154. The summed E-state index contributed by atoms with van der Waals surface area (Å²) in [5, 5.41) is 0.525. The normalized spacial score (nSPS) is 15.4. The highest BCUT2D eigenvalue weighted by Crippen LogP contribution is 2.12. The average molecular weight is 245 g/mol. The van der Waals surface area contributed by atoms with E-state index in [2.05, 4.69) is 4.84 Å². The van der Waals surface area contributed by atoms with E-state index in [9.17, 15) is 14.4 Å². The molecule has 0 radical (unpaired) electrons. The molecule has 1 fully saturated rings. The minimum atomic E-state index is -0.748. The SMILES string of the molecule is O=C(/C=C/c1ccccc1)ON1C(=O)CCC1=O. The highest BCUT2D eigenvalue weighted by molar-refractivity contribution is 6.02. The predicted octanol–water partition coefficient (Wildman–Crippen LogP) is 1.31. The van der Waals surface area contributed by atoms with E-state index >= 15 is 0 Å². The number of hydrogen-bond donors (Lipinski definition) is 0. The summed E-state index contributed by atoms with van der Waals surface area (Å²) in [5.41, 5.74) is 0.827. The molecule has 0 N–H and O–H groups in total. The van der Waals surface area contributed by atoms with E-state index in [1.807, 2.05) is 30.3 Å². The fourth-order valence-corrected chi connectivity index (χ4v) is 1.51. The van der Waals surface area contributed by atoms with Crippen molar-refractivity contribution in [1.82, 2.24) is 5.06 Å². The number of benzene rings is 1. The molecule has 92 valence electrons. The van der Waals surface area contributed by atoms with Crippen LogP contribution in [-0.4, -0.2) is 22.8 Å². The Morgan fingerprint density at radius 3 is 2.33 bits per heavy atom. The van der Waals surface area contributed by atoms with Gasteiger partial charge in [-0.25, -0.2) is 4.79 Å². The van der Waals surface area contributed by atoms with E-state index in [1.54, 1.807) is 6.08 Å². The molecule has 0 spiro atoms. The standard InChI is InChI=1S/C13H11NO4/c15-11-7-8-12(16)14(11)18-13(17)9-6-10-4-2-1-3-5-10/h1-6,9H,7-8H2/b9-6+. The molecule has 0 aromatic heterocycles. The van der Waals surface area contributed by atoms with Gasteiger partial charge in [-0.15, -0.1) is 5.06 Å². The van der Waals surface area contributed by atoms with Gasteiger partial charge in [0, 0.05) is 18.9 Å². The molecule has 1 aliphatic heterocycles. The highest BCUT2D eigenvalue weighted by atomic mass is 16.7. The molecule has 0 unspecified atom stereocenters. The molecule has 0 bridgehead atoms. The fourth-order valence-electron chi connectivity index (χ4n) is 1.51. The first-order valence-corrected chi connectivity index (χ1v) is 5.47. The monoisotopic (exact) mass is 245 g/mol. The number of imide groups is 1. The quantitative estimate of drug-likeness (QED) is 0.595. The van der Waals surface area contributed by atoms with Crippen molar-refractivity contribution in [3.8, 4) is 0 Å². The zero-order valence-electron chi connectivity index (χ0n) is 9.54. The van der Waals surface area contributed by atoms with Crippen molar-refractivity contribution >= 4 is 23.9 Å². The van der Waals surface area contributed by atoms with Crippen LogP contribution in [0.2, 0.25) is 0 Å². The number of hydrogen-bond acceptors (Lipinski definition) is 4. The summed E-state index contributed by atoms with van der Waals surface area (Å²) in [7, 11) is 0. The lowest BCUT2D eigenvalue weighted by Gasteiger charge is -2.10. The van der Waals surface area contributed by atoms with Crippen LogP contribution in [0.25, 0.3) is 6.08 Å². The Hall–Kier alpha value is -2.43. The number of amides is 2. The molecule has 5 nitrogen and oxygen atoms in total. The molecular weight excluding hydrogens is 234 g/mol. The van der Waals surface area contributed by atoms with Gasteiger partial charge >= 0.3 is 5.97 Å². The van der Waals surface area contributed by atoms with Gasteiger partial charge in [-0.2, -0.15) is 0 Å². The lowest BCUT2D eigenvalue weighted by atomic mass is 10.2. The number of rotatable bonds is 3. The summed E-state index contributed by atoms with van der Waals surface area (Å²) in [6.07, 6.45) is 2.91. The molecule has 0 aliphatic carbocycles. The molecule has 5 heteroatoms. The van der Waals surface area contributed by atoms with Gasteiger partial charge in [-0.05, 0) is 11.6 Å². The van der Waals surface area contributed by atoms with Gasteiger partial charge in [0.1, 0.15) is 0 Å². The Kier molecular flexibility index (Phi) is 3.52. The van der Waals surface area contributed by atoms with Crippen LogP contribution < -0.4 is 0 Å². The maximum absolute atomic E-state index is 11.4. The molecule has 2 rings (SSSR count). The van der Waals surface area contributed by atoms with Gasteiger partial charge in [0.25, 0.3) is 11.8 Å². The van der Waals surface area contributed by atoms with E-state index in [-0.39, 0.29) is 12.8 Å². The van der Waals surface area contributed by atoms with Gasteiger partial charge in [0.15, 0.2) is 0 Å². The zero-order chi connectivity index (χ0) is 13.0. The maximum Gasteiger partial charge on any atom is 0.356 e. The topological polar surface area (TPSA) is 63.7 Å². The smallest absolute Gasteiger partial charge is 0.326 e. The van der Waals surface area contributed by atoms with Crippen molar-refractivity contribution < 1.29 is 19.2 Å². The lowest BCUT2D eigenvalue weighted by Crippen LogP contribution is -2.31. The van der Waals surface area contributed by atoms with Crippen molar-refractivity contribution in [1.29, 1.82) is 0 Å². The van der Waals surface area contributed by atoms with Gasteiger partial charge < -0.3 is 4.84 Å². The van der Waals surface area contributed by atoms with Crippen LogP contribution in [0.5, 0.6) is 0 Å². The molecule has 0 atom stereocenters. The lowest BCUT2D eigenvalue weighted by molar-refractivity contribution is -0.193. The third-order valence-corrected chi connectivity index (χ3v) is 2.40. The second kappa shape index (κ2) is 5.27. The molecule has 0 saturated carbocycles. The van der Waals surface area contributed by atoms with Crippen LogP contribution in [0, 0.1) is 0 Å². The van der Waals surface area contributed by atoms with Gasteiger partial charge in [-0.3, -0.25) is 9.59 Å². The number of hydroxylamine groups is 2. The van der Waals surface area contributed by atoms with Crippen molar-refractivity contribution in [2.24, 2.45) is 0 Å². The molecule has 2 amide bonds. The second-order valence-electron chi connectivity index (χ2n) is 3.74. The van der Waals surface area contributed by atoms with Crippen LogP contribution in [0.3, 0.4) is 0 Å². The number of carbonyl (C=O) groups excluding carboxylic acids is 3. The van der Waals surface area contributed by atoms with Crippen LogP contribution in [0.4, 0.5) is 0 Å². The van der Waals surface area contributed by atoms with Crippen molar-refractivity contribution in [3.05, 3.63) is 42.0 Å². The number of carbonyl (C=O) groups is 3. The van der Waals surface area contributed by atoms with E-state index in [4.69, 9.17) is 0 Å². The summed E-state index contributed by atoms with van der Waals surface area (Å²) in [6.45, 7) is 0. The van der Waals surface area contributed by atoms with Crippen molar-refractivity contribution in [2.45, 2.75) is 12.8 Å². The van der Waals surface area contributed by atoms with Gasteiger partial charge in [0.05, 0.1) is 0 Å². The summed E-state index contributed by atoms with van der Waals surface area (Å²) >= 11 is 0. The molecule has 1 saturated heterocycles. The first-order valence-electron chi connectivity index (χ1n) is 5.47. The Bertz CT molecular complexity index is 491. The van der Waals surface area contributed by atoms with E-state index in [0.29, 0.717) is 5.06 Å². The van der Waals surface area contributed by atoms with E-state index in [1.165, 1.54) is 6.08 Å². The third-order valence-electron chi connectivity index (χ3n) is 2.40. The van der Waals surface area contributed by atoms with Crippen LogP contribution in [0.1, 0.15) is 18.4 Å². The molecule has 18 heavy (non-hydrogen) atoms. The first kappa shape index (κ1) is 12.0. The Labute approximate surface area is 104 Å². The largest absolute Gasteiger partial charge is 0.356 e. The minimum absolute atomic E-state index is 0.0918. The van der Waals surface area contributed by atoms with Gasteiger partial charge in [-0.1, -0.05) is 30.3 Å². The Balaban J connectivity index is 1.95. The van der Waals surface area contributed by atoms with E-state index in [0.717, 1.165) is 5.56 Å². The van der Waals surface area contributed by atoms with Crippen molar-refractivity contribution in [2.75, 3.05) is 0 Å². The summed E-state index contributed by atoms with van der Waals surface area (Å²) in [4.78, 5) is 38.5. The highest BCUT2D eigenvalue weighted by Gasteiger charge is 2.32. The average Bonchev–Trinajstić information content (AvgIpc) is 2.69. The molecule has 1 aromatic carbocycles. The Morgan fingerprint density at radius 1 is 1.11 bits per heavy atom. The maximum atomic E-state index is 11.4. The first-order chi connectivity index (χ1) is 8.66. The van der Waals surface area contributed by atoms with Crippen LogP contribution in [0.15, 0.2) is 36.4 Å². The second-order valence-corrected chi connectivity index (χ2v) is 3.74. The van der Waals surface area contributed by atoms with Crippen molar-refractivity contribution in [3.63, 3.8) is 0 Å². The third kappa shape index (κ3) is 2.82. The summed E-state index contributed by atoms with van der Waals surface area (Å²) < 4.78 is 0. The van der Waals surface area contributed by atoms with E-state index < -0.39 is 17.8 Å². The summed E-state index contributed by atoms with van der Waals surface area (Å²) in [6, 6.07) is 9.15. The van der Waals surface area contributed by atoms with Crippen LogP contribution in [-0.2, 0) is 19.2 Å². The molecule has 1 aromatic rings. The van der Waals surface area contributed by atoms with Crippen LogP contribution >= 0.6 is 0 Å². The molecule has 1 aliphatic rings. The Morgan fingerprint density at radius 2 is 1.72 bits per heavy atom. The van der Waals surface area contributed by atoms with Gasteiger partial charge in [0.2, 0.25) is 0 Å². The number of nitrogens with zero attached hydrogens (tertiary/aromatic N) is 1. The predicted molar refractivity (Wildman–Crippen MR) is 62.7 cm³/mol. The summed E-state index contributed by atoms with van der Waals surface area (Å²) in [5.74, 6) is -1.72. The minimum Gasteiger partial charge on any atom is -0.326 e. The zero-order valence-corrected chi connectivity index (χ0v) is 9.54. The molecular formula is C13H11NO4.